The van der Waals surface area contributed by atoms with Crippen LogP contribution in [-0.2, 0) is 30.5 Å². The molecule has 1 atom stereocenters. The number of hydrogen-bond acceptors (Lipinski definition) is 7. The third-order valence-electron chi connectivity index (χ3n) is 4.20. The number of nitrogens with one attached hydrogen (secondary N) is 2. The number of amides is 2. The Hall–Kier alpha value is -2.94. The first-order valence-corrected chi connectivity index (χ1v) is 10.3. The molecule has 9 nitrogen and oxygen atoms in total. The van der Waals surface area contributed by atoms with Gasteiger partial charge in [-0.1, -0.05) is 30.3 Å². The van der Waals surface area contributed by atoms with Gasteiger partial charge in [0.05, 0.1) is 0 Å². The third kappa shape index (κ3) is 10.1. The van der Waals surface area contributed by atoms with E-state index in [2.05, 4.69) is 10.6 Å². The van der Waals surface area contributed by atoms with Crippen molar-refractivity contribution < 1.29 is 28.7 Å². The van der Waals surface area contributed by atoms with Crippen LogP contribution in [0.2, 0.25) is 0 Å². The van der Waals surface area contributed by atoms with E-state index >= 15 is 0 Å². The molecule has 0 saturated carbocycles. The van der Waals surface area contributed by atoms with Crippen LogP contribution in [0.3, 0.4) is 0 Å². The number of alkyl carbamates (subject to hydrolysis) is 1. The fourth-order valence-electron chi connectivity index (χ4n) is 2.57. The zero-order valence-corrected chi connectivity index (χ0v) is 18.4. The highest BCUT2D eigenvalue weighted by molar-refractivity contribution is 6.07. The predicted molar refractivity (Wildman–Crippen MR) is 115 cm³/mol. The number of nitrogens with two attached hydrogens (primary N) is 1. The Morgan fingerprint density at radius 1 is 1.03 bits per heavy atom. The van der Waals surface area contributed by atoms with Crippen molar-refractivity contribution in [3.8, 4) is 0 Å². The molecular formula is C22H33N3O6. The molecule has 1 rings (SSSR count). The van der Waals surface area contributed by atoms with Gasteiger partial charge in [-0.05, 0) is 45.6 Å². The molecule has 0 aliphatic carbocycles. The zero-order valence-electron chi connectivity index (χ0n) is 18.4. The van der Waals surface area contributed by atoms with Gasteiger partial charge in [0.15, 0.2) is 5.54 Å². The summed E-state index contributed by atoms with van der Waals surface area (Å²) >= 11 is 0. The molecule has 1 aromatic carbocycles. The molecule has 1 aromatic rings. The number of aldehydes is 1. The van der Waals surface area contributed by atoms with Crippen molar-refractivity contribution in [1.29, 1.82) is 0 Å². The molecule has 0 aliphatic heterocycles. The molecular weight excluding hydrogens is 402 g/mol. The first-order chi connectivity index (χ1) is 14.6. The minimum Gasteiger partial charge on any atom is -0.458 e. The standard InChI is InChI=1S/C22H33N3O6/c1-21(2,3)31-19(28)22(23,18(27)24-14-9-15-26)12-7-8-13-25-20(29)30-16-17-10-5-4-6-11-17/h4-6,10-11,15H,7-9,12-14,16,23H2,1-3H3,(H,24,27)(H,25,29)/t22-/m0/s1. The highest BCUT2D eigenvalue weighted by atomic mass is 16.6. The van der Waals surface area contributed by atoms with Crippen LogP contribution in [0.1, 0.15) is 52.0 Å². The van der Waals surface area contributed by atoms with Gasteiger partial charge in [-0.2, -0.15) is 0 Å². The topological polar surface area (TPSA) is 137 Å². The van der Waals surface area contributed by atoms with Crippen LogP contribution < -0.4 is 16.4 Å². The van der Waals surface area contributed by atoms with Crippen LogP contribution in [0.25, 0.3) is 0 Å². The van der Waals surface area contributed by atoms with Gasteiger partial charge in [-0.3, -0.25) is 4.79 Å². The van der Waals surface area contributed by atoms with Crippen molar-refractivity contribution in [2.24, 2.45) is 5.73 Å². The molecule has 4 N–H and O–H groups in total. The average Bonchev–Trinajstić information content (AvgIpc) is 2.71. The van der Waals surface area contributed by atoms with Gasteiger partial charge >= 0.3 is 12.1 Å². The van der Waals surface area contributed by atoms with E-state index in [-0.39, 0.29) is 26.0 Å². The van der Waals surface area contributed by atoms with Crippen LogP contribution in [0.15, 0.2) is 30.3 Å². The fraction of sp³-hybridized carbons (Fsp3) is 0.545. The minimum absolute atomic E-state index is 0.0234. The summed E-state index contributed by atoms with van der Waals surface area (Å²) in [6.07, 6.45) is 1.11. The monoisotopic (exact) mass is 435 g/mol. The smallest absolute Gasteiger partial charge is 0.407 e. The van der Waals surface area contributed by atoms with Crippen LogP contribution >= 0.6 is 0 Å². The summed E-state index contributed by atoms with van der Waals surface area (Å²) in [4.78, 5) is 47.3. The summed E-state index contributed by atoms with van der Waals surface area (Å²) in [5.74, 6) is -1.53. The first-order valence-electron chi connectivity index (χ1n) is 10.3. The number of ether oxygens (including phenoxy) is 2. The number of benzene rings is 1. The maximum Gasteiger partial charge on any atom is 0.407 e. The Bertz CT molecular complexity index is 733. The predicted octanol–water partition coefficient (Wildman–Crippen LogP) is 1.83. The molecule has 0 aromatic heterocycles. The summed E-state index contributed by atoms with van der Waals surface area (Å²) in [6.45, 7) is 5.59. The molecule has 0 bridgehead atoms. The van der Waals surface area contributed by atoms with Crippen LogP contribution in [-0.4, -0.2) is 48.5 Å². The Morgan fingerprint density at radius 2 is 1.71 bits per heavy atom. The van der Waals surface area contributed by atoms with Gasteiger partial charge in [0, 0.05) is 19.5 Å². The van der Waals surface area contributed by atoms with Crippen molar-refractivity contribution >= 4 is 24.3 Å². The second kappa shape index (κ2) is 12.7. The summed E-state index contributed by atoms with van der Waals surface area (Å²) in [6, 6.07) is 9.29. The van der Waals surface area contributed by atoms with E-state index in [4.69, 9.17) is 15.2 Å². The van der Waals surface area contributed by atoms with Gasteiger partial charge in [-0.15, -0.1) is 0 Å². The maximum atomic E-state index is 12.6. The first kappa shape index (κ1) is 26.1. The van der Waals surface area contributed by atoms with E-state index < -0.39 is 29.1 Å². The zero-order chi connectivity index (χ0) is 23.3. The second-order valence-electron chi connectivity index (χ2n) is 8.13. The fourth-order valence-corrected chi connectivity index (χ4v) is 2.57. The Balaban J connectivity index is 2.50. The van der Waals surface area contributed by atoms with Crippen molar-refractivity contribution in [1.82, 2.24) is 10.6 Å². The number of unbranched alkanes of at least 4 members (excludes halogenated alkanes) is 1. The lowest BCUT2D eigenvalue weighted by Crippen LogP contribution is -2.61. The maximum absolute atomic E-state index is 12.6. The van der Waals surface area contributed by atoms with Gasteiger partial charge in [0.25, 0.3) is 5.91 Å². The Kier molecular flexibility index (Phi) is 10.7. The molecule has 0 aliphatic rings. The summed E-state index contributed by atoms with van der Waals surface area (Å²) in [7, 11) is 0. The molecule has 2 amide bonds. The van der Waals surface area contributed by atoms with E-state index in [1.165, 1.54) is 0 Å². The quantitative estimate of drug-likeness (QED) is 0.197. The van der Waals surface area contributed by atoms with Gasteiger partial charge in [0.2, 0.25) is 0 Å². The average molecular weight is 436 g/mol. The number of esters is 1. The third-order valence-corrected chi connectivity index (χ3v) is 4.20. The van der Waals surface area contributed by atoms with E-state index in [0.29, 0.717) is 25.7 Å². The second-order valence-corrected chi connectivity index (χ2v) is 8.13. The van der Waals surface area contributed by atoms with E-state index in [9.17, 15) is 19.2 Å². The molecule has 31 heavy (non-hydrogen) atoms. The number of carbonyl (C=O) groups excluding carboxylic acids is 4. The lowest BCUT2D eigenvalue weighted by molar-refractivity contribution is -0.164. The van der Waals surface area contributed by atoms with Crippen molar-refractivity contribution in [2.45, 2.75) is 64.2 Å². The van der Waals surface area contributed by atoms with Crippen LogP contribution in [0.5, 0.6) is 0 Å². The minimum atomic E-state index is -1.88. The van der Waals surface area contributed by atoms with E-state index in [0.717, 1.165) is 5.56 Å². The highest BCUT2D eigenvalue weighted by Gasteiger charge is 2.44. The Morgan fingerprint density at radius 3 is 2.32 bits per heavy atom. The lowest BCUT2D eigenvalue weighted by atomic mass is 9.92. The number of hydrogen-bond donors (Lipinski definition) is 3. The van der Waals surface area contributed by atoms with Crippen molar-refractivity contribution in [3.05, 3.63) is 35.9 Å². The van der Waals surface area contributed by atoms with Crippen LogP contribution in [0.4, 0.5) is 4.79 Å². The molecule has 9 heteroatoms. The van der Waals surface area contributed by atoms with Crippen molar-refractivity contribution in [3.63, 3.8) is 0 Å². The molecule has 0 spiro atoms. The van der Waals surface area contributed by atoms with E-state index in [1.54, 1.807) is 20.8 Å². The normalized spacial score (nSPS) is 12.9. The highest BCUT2D eigenvalue weighted by Crippen LogP contribution is 2.19. The van der Waals surface area contributed by atoms with Gasteiger partial charge in [-0.25, -0.2) is 9.59 Å². The van der Waals surface area contributed by atoms with E-state index in [1.807, 2.05) is 30.3 Å². The molecule has 172 valence electrons. The SMILES string of the molecule is CC(C)(C)OC(=O)[C@](N)(CCCCNC(=O)OCc1ccccc1)C(=O)NCCC=O. The molecule has 0 fully saturated rings. The van der Waals surface area contributed by atoms with Gasteiger partial charge < -0.3 is 30.6 Å². The molecule has 0 heterocycles. The number of carbonyl (C=O) groups is 4. The lowest BCUT2D eigenvalue weighted by Gasteiger charge is -2.30. The summed E-state index contributed by atoms with van der Waals surface area (Å²) < 4.78 is 10.4. The van der Waals surface area contributed by atoms with Gasteiger partial charge in [0.1, 0.15) is 18.5 Å². The molecule has 0 radical (unpaired) electrons. The molecule has 0 unspecified atom stereocenters. The summed E-state index contributed by atoms with van der Waals surface area (Å²) in [5.41, 5.74) is 4.32. The Labute approximate surface area is 183 Å². The van der Waals surface area contributed by atoms with Crippen molar-refractivity contribution in [2.75, 3.05) is 13.1 Å². The van der Waals surface area contributed by atoms with Crippen LogP contribution in [0, 0.1) is 0 Å². The largest absolute Gasteiger partial charge is 0.458 e. The number of rotatable bonds is 12. The molecule has 0 saturated heterocycles. The summed E-state index contributed by atoms with van der Waals surface area (Å²) in [5, 5.41) is 5.12.